The van der Waals surface area contributed by atoms with Crippen LogP contribution in [0.1, 0.15) is 58.8 Å². The van der Waals surface area contributed by atoms with Gasteiger partial charge in [-0.25, -0.2) is 0 Å². The molecule has 4 fully saturated rings. The van der Waals surface area contributed by atoms with Crippen LogP contribution in [0.15, 0.2) is 0 Å². The molecule has 4 aliphatic rings. The normalized spacial score (nSPS) is 45.2. The molecule has 3 atom stereocenters. The summed E-state index contributed by atoms with van der Waals surface area (Å²) < 4.78 is 0. The van der Waals surface area contributed by atoms with Crippen molar-refractivity contribution >= 4 is 5.91 Å². The SMILES string of the molecule is CC(CCN)NC(=O)C12CC3CC(CC(C)(C3)C1)C2. The lowest BCUT2D eigenvalue weighted by atomic mass is 9.44. The number of carbonyl (C=O) groups is 1. The summed E-state index contributed by atoms with van der Waals surface area (Å²) in [6, 6.07) is 0.221. The summed E-state index contributed by atoms with van der Waals surface area (Å²) in [7, 11) is 0. The van der Waals surface area contributed by atoms with E-state index in [9.17, 15) is 4.79 Å². The molecule has 0 radical (unpaired) electrons. The molecule has 3 nitrogen and oxygen atoms in total. The van der Waals surface area contributed by atoms with Crippen LogP contribution in [0, 0.1) is 22.7 Å². The minimum atomic E-state index is -0.0400. The number of nitrogens with two attached hydrogens (primary N) is 1. The van der Waals surface area contributed by atoms with Crippen LogP contribution in [-0.4, -0.2) is 18.5 Å². The third-order valence-corrected chi connectivity index (χ3v) is 5.81. The lowest BCUT2D eigenvalue weighted by molar-refractivity contribution is -0.155. The molecule has 108 valence electrons. The van der Waals surface area contributed by atoms with E-state index in [0.29, 0.717) is 17.9 Å². The van der Waals surface area contributed by atoms with E-state index >= 15 is 0 Å². The molecular weight excluding hydrogens is 236 g/mol. The third-order valence-electron chi connectivity index (χ3n) is 5.81. The minimum absolute atomic E-state index is 0.0400. The van der Waals surface area contributed by atoms with Crippen molar-refractivity contribution in [3.63, 3.8) is 0 Å². The van der Waals surface area contributed by atoms with E-state index in [-0.39, 0.29) is 11.5 Å². The molecule has 4 rings (SSSR count). The van der Waals surface area contributed by atoms with Crippen molar-refractivity contribution in [3.05, 3.63) is 0 Å². The van der Waals surface area contributed by atoms with E-state index in [1.54, 1.807) is 0 Å². The van der Waals surface area contributed by atoms with Gasteiger partial charge in [0.1, 0.15) is 0 Å². The Hall–Kier alpha value is -0.570. The van der Waals surface area contributed by atoms with E-state index < -0.39 is 0 Å². The molecule has 0 aliphatic heterocycles. The molecule has 3 N–H and O–H groups in total. The molecule has 19 heavy (non-hydrogen) atoms. The zero-order valence-electron chi connectivity index (χ0n) is 12.4. The van der Waals surface area contributed by atoms with Gasteiger partial charge in [-0.05, 0) is 75.7 Å². The van der Waals surface area contributed by atoms with Gasteiger partial charge in [0.2, 0.25) is 5.91 Å². The molecule has 4 aliphatic carbocycles. The van der Waals surface area contributed by atoms with Gasteiger partial charge in [0, 0.05) is 6.04 Å². The van der Waals surface area contributed by atoms with Crippen molar-refractivity contribution in [2.75, 3.05) is 6.54 Å². The van der Waals surface area contributed by atoms with Gasteiger partial charge in [-0.2, -0.15) is 0 Å². The van der Waals surface area contributed by atoms with Gasteiger partial charge in [0.05, 0.1) is 5.41 Å². The largest absolute Gasteiger partial charge is 0.353 e. The maximum atomic E-state index is 12.8. The summed E-state index contributed by atoms with van der Waals surface area (Å²) in [4.78, 5) is 12.8. The van der Waals surface area contributed by atoms with E-state index in [0.717, 1.165) is 37.5 Å². The van der Waals surface area contributed by atoms with Crippen molar-refractivity contribution in [1.82, 2.24) is 5.32 Å². The first-order valence-corrected chi connectivity index (χ1v) is 7.96. The Morgan fingerprint density at radius 2 is 1.95 bits per heavy atom. The van der Waals surface area contributed by atoms with Crippen molar-refractivity contribution in [3.8, 4) is 0 Å². The first kappa shape index (κ1) is 13.4. The Balaban J connectivity index is 1.74. The molecule has 0 aromatic carbocycles. The predicted molar refractivity (Wildman–Crippen MR) is 76.5 cm³/mol. The van der Waals surface area contributed by atoms with Gasteiger partial charge in [-0.15, -0.1) is 0 Å². The smallest absolute Gasteiger partial charge is 0.226 e. The highest BCUT2D eigenvalue weighted by Gasteiger charge is 2.58. The number of hydrogen-bond acceptors (Lipinski definition) is 2. The summed E-state index contributed by atoms with van der Waals surface area (Å²) in [6.07, 6.45) is 8.37. The van der Waals surface area contributed by atoms with E-state index in [1.807, 2.05) is 0 Å². The van der Waals surface area contributed by atoms with Gasteiger partial charge in [0.25, 0.3) is 0 Å². The Bertz CT molecular complexity index is 365. The fourth-order valence-corrected chi connectivity index (χ4v) is 5.69. The van der Waals surface area contributed by atoms with Crippen LogP contribution in [-0.2, 0) is 4.79 Å². The number of nitrogens with one attached hydrogen (secondary N) is 1. The van der Waals surface area contributed by atoms with Crippen molar-refractivity contribution in [2.45, 2.75) is 64.8 Å². The Morgan fingerprint density at radius 3 is 2.47 bits per heavy atom. The zero-order valence-corrected chi connectivity index (χ0v) is 12.4. The Labute approximate surface area is 116 Å². The molecule has 0 saturated heterocycles. The molecule has 0 aromatic heterocycles. The summed E-state index contributed by atoms with van der Waals surface area (Å²) in [6.45, 7) is 5.14. The quantitative estimate of drug-likeness (QED) is 0.819. The average Bonchev–Trinajstić information content (AvgIpc) is 2.25. The van der Waals surface area contributed by atoms with Crippen LogP contribution >= 0.6 is 0 Å². The highest BCUT2D eigenvalue weighted by molar-refractivity contribution is 5.83. The van der Waals surface area contributed by atoms with E-state index in [1.165, 1.54) is 19.3 Å². The maximum absolute atomic E-state index is 12.8. The zero-order chi connectivity index (χ0) is 13.7. The van der Waals surface area contributed by atoms with Crippen LogP contribution in [0.4, 0.5) is 0 Å². The molecule has 0 aromatic rings. The molecule has 4 saturated carbocycles. The van der Waals surface area contributed by atoms with E-state index in [2.05, 4.69) is 19.2 Å². The van der Waals surface area contributed by atoms with Crippen LogP contribution in [0.5, 0.6) is 0 Å². The summed E-state index contributed by atoms with van der Waals surface area (Å²) in [5.41, 5.74) is 5.98. The van der Waals surface area contributed by atoms with Gasteiger partial charge in [-0.1, -0.05) is 6.92 Å². The van der Waals surface area contributed by atoms with Crippen LogP contribution in [0.3, 0.4) is 0 Å². The highest BCUT2D eigenvalue weighted by atomic mass is 16.2. The first-order valence-electron chi connectivity index (χ1n) is 7.96. The molecule has 0 spiro atoms. The molecule has 3 heteroatoms. The van der Waals surface area contributed by atoms with Crippen molar-refractivity contribution < 1.29 is 4.79 Å². The van der Waals surface area contributed by atoms with Crippen LogP contribution < -0.4 is 11.1 Å². The van der Waals surface area contributed by atoms with Gasteiger partial charge in [0.15, 0.2) is 0 Å². The molecule has 0 heterocycles. The second-order valence-electron chi connectivity index (χ2n) is 8.00. The molecular formula is C16H28N2O. The number of carbonyl (C=O) groups excluding carboxylic acids is 1. The van der Waals surface area contributed by atoms with Gasteiger partial charge in [-0.3, -0.25) is 4.79 Å². The Morgan fingerprint density at radius 1 is 1.32 bits per heavy atom. The summed E-state index contributed by atoms with van der Waals surface area (Å²) >= 11 is 0. The van der Waals surface area contributed by atoms with E-state index in [4.69, 9.17) is 5.73 Å². The molecule has 4 bridgehead atoms. The molecule has 3 unspecified atom stereocenters. The third kappa shape index (κ3) is 2.31. The summed E-state index contributed by atoms with van der Waals surface area (Å²) in [5, 5.41) is 3.24. The molecule has 1 amide bonds. The first-order chi connectivity index (χ1) is 8.95. The average molecular weight is 264 g/mol. The lowest BCUT2D eigenvalue weighted by Gasteiger charge is -2.60. The van der Waals surface area contributed by atoms with Gasteiger partial charge >= 0.3 is 0 Å². The second-order valence-corrected chi connectivity index (χ2v) is 8.00. The second kappa shape index (κ2) is 4.47. The summed E-state index contributed by atoms with van der Waals surface area (Å²) in [5.74, 6) is 1.94. The number of amides is 1. The van der Waals surface area contributed by atoms with Crippen LogP contribution in [0.2, 0.25) is 0 Å². The number of hydrogen-bond donors (Lipinski definition) is 2. The Kier molecular flexibility index (Phi) is 3.16. The minimum Gasteiger partial charge on any atom is -0.353 e. The lowest BCUT2D eigenvalue weighted by Crippen LogP contribution is -2.57. The topological polar surface area (TPSA) is 55.1 Å². The van der Waals surface area contributed by atoms with Crippen molar-refractivity contribution in [1.29, 1.82) is 0 Å². The maximum Gasteiger partial charge on any atom is 0.226 e. The van der Waals surface area contributed by atoms with Crippen molar-refractivity contribution in [2.24, 2.45) is 28.4 Å². The standard InChI is InChI=1S/C16H28N2O/c1-11(3-4-17)18-14(19)16-8-12-5-13(9-16)7-15(2,6-12)10-16/h11-13H,3-10,17H2,1-2H3,(H,18,19). The monoisotopic (exact) mass is 264 g/mol. The fraction of sp³-hybridized carbons (Fsp3) is 0.938. The van der Waals surface area contributed by atoms with Gasteiger partial charge < -0.3 is 11.1 Å². The van der Waals surface area contributed by atoms with Crippen LogP contribution in [0.25, 0.3) is 0 Å². The number of rotatable bonds is 4. The predicted octanol–water partition coefficient (Wildman–Crippen LogP) is 2.45. The fourth-order valence-electron chi connectivity index (χ4n) is 5.69. The highest BCUT2D eigenvalue weighted by Crippen LogP contribution is 2.65.